The number of nitrogens with zero attached hydrogens (tertiary/aromatic N) is 2. The molecular weight excluding hydrogens is 224 g/mol. The number of rotatable bonds is 4. The molecule has 0 bridgehead atoms. The minimum atomic E-state index is -1.09. The molecule has 0 spiro atoms. The summed E-state index contributed by atoms with van der Waals surface area (Å²) in [7, 11) is 0. The highest BCUT2D eigenvalue weighted by molar-refractivity contribution is 5.98. The summed E-state index contributed by atoms with van der Waals surface area (Å²) in [5.74, 6) is -1.25. The minimum absolute atomic E-state index is 0.0737. The molecule has 6 heteroatoms. The molecule has 90 valence electrons. The fourth-order valence-corrected chi connectivity index (χ4v) is 1.84. The maximum Gasteiger partial charge on any atom is 0.312 e. The van der Waals surface area contributed by atoms with Crippen molar-refractivity contribution in [2.24, 2.45) is 5.41 Å². The van der Waals surface area contributed by atoms with Crippen molar-refractivity contribution < 1.29 is 19.4 Å². The Hall–Kier alpha value is -1.82. The Kier molecular flexibility index (Phi) is 3.14. The van der Waals surface area contributed by atoms with Gasteiger partial charge >= 0.3 is 5.97 Å². The van der Waals surface area contributed by atoms with E-state index in [9.17, 15) is 14.7 Å². The summed E-state index contributed by atoms with van der Waals surface area (Å²) in [5.41, 5.74) is -0.757. The SMILES string of the molecule is O=C(C[C@@]1(C(=O)O)CCOC1)c1cncnc1. The molecule has 0 saturated carbocycles. The second kappa shape index (κ2) is 4.58. The number of Topliss-reactive ketones (excluding diaryl/α,β-unsaturated/α-hetero) is 1. The Balaban J connectivity index is 2.15. The van der Waals surface area contributed by atoms with Crippen molar-refractivity contribution in [2.75, 3.05) is 13.2 Å². The molecule has 1 fully saturated rings. The monoisotopic (exact) mass is 236 g/mol. The van der Waals surface area contributed by atoms with E-state index >= 15 is 0 Å². The molecule has 1 saturated heterocycles. The van der Waals surface area contributed by atoms with Gasteiger partial charge in [-0.15, -0.1) is 0 Å². The van der Waals surface area contributed by atoms with Crippen molar-refractivity contribution in [2.45, 2.75) is 12.8 Å². The van der Waals surface area contributed by atoms with Gasteiger partial charge in [-0.1, -0.05) is 0 Å². The van der Waals surface area contributed by atoms with E-state index in [-0.39, 0.29) is 18.8 Å². The van der Waals surface area contributed by atoms with Crippen LogP contribution in [0.3, 0.4) is 0 Å². The van der Waals surface area contributed by atoms with Crippen molar-refractivity contribution in [1.82, 2.24) is 9.97 Å². The van der Waals surface area contributed by atoms with Gasteiger partial charge in [-0.05, 0) is 6.42 Å². The van der Waals surface area contributed by atoms with Gasteiger partial charge in [0, 0.05) is 25.4 Å². The van der Waals surface area contributed by atoms with E-state index < -0.39 is 11.4 Å². The van der Waals surface area contributed by atoms with Gasteiger partial charge in [0.15, 0.2) is 5.78 Å². The normalized spacial score (nSPS) is 23.5. The lowest BCUT2D eigenvalue weighted by Crippen LogP contribution is -2.34. The molecule has 1 N–H and O–H groups in total. The molecule has 1 aromatic heterocycles. The van der Waals surface area contributed by atoms with Crippen LogP contribution in [0, 0.1) is 5.41 Å². The van der Waals surface area contributed by atoms with Crippen molar-refractivity contribution in [3.8, 4) is 0 Å². The smallest absolute Gasteiger partial charge is 0.312 e. The van der Waals surface area contributed by atoms with Gasteiger partial charge in [0.05, 0.1) is 12.2 Å². The van der Waals surface area contributed by atoms with E-state index in [1.807, 2.05) is 0 Å². The second-order valence-corrected chi connectivity index (χ2v) is 4.12. The van der Waals surface area contributed by atoms with Gasteiger partial charge in [-0.25, -0.2) is 9.97 Å². The molecule has 1 aromatic rings. The zero-order valence-corrected chi connectivity index (χ0v) is 9.13. The van der Waals surface area contributed by atoms with Crippen LogP contribution < -0.4 is 0 Å². The quantitative estimate of drug-likeness (QED) is 0.767. The summed E-state index contributed by atoms with van der Waals surface area (Å²) in [6.07, 6.45) is 4.39. The lowest BCUT2D eigenvalue weighted by molar-refractivity contribution is -0.148. The van der Waals surface area contributed by atoms with Gasteiger partial charge in [0.25, 0.3) is 0 Å². The van der Waals surface area contributed by atoms with Gasteiger partial charge in [0.1, 0.15) is 11.7 Å². The first-order valence-electron chi connectivity index (χ1n) is 5.23. The first kappa shape index (κ1) is 11.7. The van der Waals surface area contributed by atoms with E-state index in [0.29, 0.717) is 18.6 Å². The van der Waals surface area contributed by atoms with Gasteiger partial charge in [0.2, 0.25) is 0 Å². The van der Waals surface area contributed by atoms with Crippen LogP contribution >= 0.6 is 0 Å². The Morgan fingerprint density at radius 2 is 2.12 bits per heavy atom. The summed E-state index contributed by atoms with van der Waals surface area (Å²) in [5, 5.41) is 9.20. The van der Waals surface area contributed by atoms with E-state index in [0.717, 1.165) is 0 Å². The number of carboxylic acid groups (broad SMARTS) is 1. The number of aliphatic carboxylic acids is 1. The molecule has 1 aliphatic heterocycles. The maximum absolute atomic E-state index is 11.9. The van der Waals surface area contributed by atoms with Gasteiger partial charge in [-0.2, -0.15) is 0 Å². The molecule has 0 aliphatic carbocycles. The second-order valence-electron chi connectivity index (χ2n) is 4.12. The number of carboxylic acids is 1. The first-order chi connectivity index (χ1) is 8.14. The highest BCUT2D eigenvalue weighted by atomic mass is 16.5. The summed E-state index contributed by atoms with van der Waals surface area (Å²) in [4.78, 5) is 30.6. The molecule has 2 heterocycles. The maximum atomic E-state index is 11.9. The van der Waals surface area contributed by atoms with Crippen LogP contribution in [0.15, 0.2) is 18.7 Å². The van der Waals surface area contributed by atoms with E-state index in [1.54, 1.807) is 0 Å². The van der Waals surface area contributed by atoms with Crippen molar-refractivity contribution in [3.05, 3.63) is 24.3 Å². The third kappa shape index (κ3) is 2.31. The first-order valence-corrected chi connectivity index (χ1v) is 5.23. The molecule has 0 radical (unpaired) electrons. The number of ketones is 1. The number of hydrogen-bond acceptors (Lipinski definition) is 5. The molecule has 17 heavy (non-hydrogen) atoms. The van der Waals surface area contributed by atoms with Crippen LogP contribution in [0.5, 0.6) is 0 Å². The molecule has 0 unspecified atom stereocenters. The minimum Gasteiger partial charge on any atom is -0.481 e. The average molecular weight is 236 g/mol. The fourth-order valence-electron chi connectivity index (χ4n) is 1.84. The molecule has 2 rings (SSSR count). The Morgan fingerprint density at radius 3 is 2.65 bits per heavy atom. The summed E-state index contributed by atoms with van der Waals surface area (Å²) in [6.45, 7) is 0.465. The predicted molar refractivity (Wildman–Crippen MR) is 56.5 cm³/mol. The van der Waals surface area contributed by atoms with E-state index in [4.69, 9.17) is 4.74 Å². The number of ether oxygens (including phenoxy) is 1. The molecular formula is C11H12N2O4. The lowest BCUT2D eigenvalue weighted by Gasteiger charge is -2.20. The highest BCUT2D eigenvalue weighted by Gasteiger charge is 2.44. The third-order valence-electron chi connectivity index (χ3n) is 2.94. The zero-order valence-electron chi connectivity index (χ0n) is 9.13. The van der Waals surface area contributed by atoms with Crippen LogP contribution in [-0.4, -0.2) is 40.0 Å². The lowest BCUT2D eigenvalue weighted by atomic mass is 9.81. The third-order valence-corrected chi connectivity index (χ3v) is 2.94. The van der Waals surface area contributed by atoms with Crippen molar-refractivity contribution >= 4 is 11.8 Å². The molecule has 1 atom stereocenters. The molecule has 1 aliphatic rings. The standard InChI is InChI=1S/C11H12N2O4/c14-9(8-4-12-7-13-5-8)3-11(10(15)16)1-2-17-6-11/h4-5,7H,1-3,6H2,(H,15,16)/t11-/m0/s1. The number of hydrogen-bond donors (Lipinski definition) is 1. The van der Waals surface area contributed by atoms with Crippen LogP contribution in [-0.2, 0) is 9.53 Å². The number of carbonyl (C=O) groups excluding carboxylic acids is 1. The predicted octanol–water partition coefficient (Wildman–Crippen LogP) is 0.541. The average Bonchev–Trinajstić information content (AvgIpc) is 2.80. The molecule has 6 nitrogen and oxygen atoms in total. The van der Waals surface area contributed by atoms with Crippen LogP contribution in [0.2, 0.25) is 0 Å². The largest absolute Gasteiger partial charge is 0.481 e. The summed E-state index contributed by atoms with van der Waals surface area (Å²) < 4.78 is 5.09. The van der Waals surface area contributed by atoms with Crippen LogP contribution in [0.25, 0.3) is 0 Å². The van der Waals surface area contributed by atoms with Gasteiger partial charge in [-0.3, -0.25) is 9.59 Å². The summed E-state index contributed by atoms with van der Waals surface area (Å²) in [6, 6.07) is 0. The molecule has 0 amide bonds. The van der Waals surface area contributed by atoms with Crippen molar-refractivity contribution in [1.29, 1.82) is 0 Å². The van der Waals surface area contributed by atoms with Crippen LogP contribution in [0.1, 0.15) is 23.2 Å². The van der Waals surface area contributed by atoms with Crippen LogP contribution in [0.4, 0.5) is 0 Å². The van der Waals surface area contributed by atoms with Crippen molar-refractivity contribution in [3.63, 3.8) is 0 Å². The van der Waals surface area contributed by atoms with E-state index in [1.165, 1.54) is 18.7 Å². The summed E-state index contributed by atoms with van der Waals surface area (Å²) >= 11 is 0. The number of aromatic nitrogens is 2. The fraction of sp³-hybridized carbons (Fsp3) is 0.455. The Bertz CT molecular complexity index is 426. The van der Waals surface area contributed by atoms with E-state index in [2.05, 4.69) is 9.97 Å². The highest BCUT2D eigenvalue weighted by Crippen LogP contribution is 2.33. The van der Waals surface area contributed by atoms with Gasteiger partial charge < -0.3 is 9.84 Å². The number of carbonyl (C=O) groups is 2. The molecule has 0 aromatic carbocycles. The Labute approximate surface area is 97.7 Å². The zero-order chi connectivity index (χ0) is 12.3. The Morgan fingerprint density at radius 1 is 1.41 bits per heavy atom. The topological polar surface area (TPSA) is 89.4 Å².